The lowest BCUT2D eigenvalue weighted by Crippen LogP contribution is -2.05. The van der Waals surface area contributed by atoms with Gasteiger partial charge in [-0.05, 0) is 13.0 Å². The van der Waals surface area contributed by atoms with E-state index in [9.17, 15) is 4.79 Å². The highest BCUT2D eigenvalue weighted by Crippen LogP contribution is 2.16. The van der Waals surface area contributed by atoms with Crippen molar-refractivity contribution in [2.24, 2.45) is 0 Å². The smallest absolute Gasteiger partial charge is 0.340 e. The van der Waals surface area contributed by atoms with E-state index in [-0.39, 0.29) is 12.6 Å². The predicted molar refractivity (Wildman–Crippen MR) is 94.1 cm³/mol. The zero-order valence-electron chi connectivity index (χ0n) is 13.7. The molecule has 0 saturated carbocycles. The monoisotopic (exact) mass is 338 g/mol. The van der Waals surface area contributed by atoms with E-state index < -0.39 is 0 Å². The third-order valence-electron chi connectivity index (χ3n) is 3.71. The number of carbonyl (C=O) groups excluding carboxylic acids is 1. The number of nitrogens with zero attached hydrogens (tertiary/aromatic N) is 2. The highest BCUT2D eigenvalue weighted by molar-refractivity contribution is 6.02. The summed E-state index contributed by atoms with van der Waals surface area (Å²) >= 11 is 0. The van der Waals surface area contributed by atoms with Crippen molar-refractivity contribution in [2.45, 2.75) is 13.5 Å². The van der Waals surface area contributed by atoms with Gasteiger partial charge in [0, 0.05) is 16.3 Å². The van der Waals surface area contributed by atoms with Gasteiger partial charge in [-0.2, -0.15) is 10.2 Å². The van der Waals surface area contributed by atoms with Gasteiger partial charge in [0.2, 0.25) is 0 Å². The van der Waals surface area contributed by atoms with Gasteiger partial charge < -0.3 is 9.84 Å². The lowest BCUT2D eigenvalue weighted by molar-refractivity contribution is 0.0528. The first-order valence-electron chi connectivity index (χ1n) is 7.85. The molecule has 0 spiro atoms. The van der Waals surface area contributed by atoms with Gasteiger partial charge in [-0.1, -0.05) is 30.3 Å². The second kappa shape index (κ2) is 7.59. The fourth-order valence-corrected chi connectivity index (χ4v) is 2.51. The minimum atomic E-state index is -0.317. The summed E-state index contributed by atoms with van der Waals surface area (Å²) < 4.78 is 4.92. The number of aliphatic hydroxyl groups excluding tert-OH is 1. The second-order valence-electron chi connectivity index (χ2n) is 5.27. The maximum Gasteiger partial charge on any atom is 0.340 e. The van der Waals surface area contributed by atoms with Crippen molar-refractivity contribution in [3.8, 4) is 0 Å². The fourth-order valence-electron chi connectivity index (χ4n) is 2.51. The third kappa shape index (κ3) is 3.51. The highest BCUT2D eigenvalue weighted by Gasteiger charge is 2.11. The van der Waals surface area contributed by atoms with Gasteiger partial charge in [0.1, 0.15) is 0 Å². The molecular formula is C18H18N4O3. The van der Waals surface area contributed by atoms with Gasteiger partial charge >= 0.3 is 5.97 Å². The van der Waals surface area contributed by atoms with Crippen LogP contribution < -0.4 is 0 Å². The van der Waals surface area contributed by atoms with Gasteiger partial charge in [0.05, 0.1) is 42.2 Å². The first kappa shape index (κ1) is 16.7. The molecule has 0 aliphatic heterocycles. The molecule has 2 heterocycles. The van der Waals surface area contributed by atoms with Crippen LogP contribution in [0.5, 0.6) is 0 Å². The number of hydrogen-bond acceptors (Lipinski definition) is 5. The topological polar surface area (TPSA) is 104 Å². The van der Waals surface area contributed by atoms with E-state index in [1.807, 2.05) is 30.3 Å². The van der Waals surface area contributed by atoms with Crippen LogP contribution in [-0.4, -0.2) is 38.1 Å². The number of ether oxygens (including phenoxy) is 1. The highest BCUT2D eigenvalue weighted by atomic mass is 16.5. The van der Waals surface area contributed by atoms with Crippen molar-refractivity contribution >= 4 is 27.8 Å². The van der Waals surface area contributed by atoms with Crippen LogP contribution in [0.2, 0.25) is 0 Å². The van der Waals surface area contributed by atoms with Gasteiger partial charge in [-0.25, -0.2) is 4.79 Å². The summed E-state index contributed by atoms with van der Waals surface area (Å²) in [6.07, 6.45) is 3.42. The molecule has 2 aromatic carbocycles. The van der Waals surface area contributed by atoms with Crippen LogP contribution in [-0.2, 0) is 11.3 Å². The molecule has 7 nitrogen and oxygen atoms in total. The number of nitrogens with one attached hydrogen (secondary N) is 2. The summed E-state index contributed by atoms with van der Waals surface area (Å²) in [5, 5.41) is 24.2. The zero-order chi connectivity index (χ0) is 17.6. The fraction of sp³-hybridized carbons (Fsp3) is 0.167. The standard InChI is InChI=1S/C10H10N2O2.C8H8N2O/c1-2-14-10(13)8-5-3-4-7-6-11-12-9(7)8;11-5-7-3-1-2-6-4-9-10-8(6)7/h3-6H,2H2,1H3,(H,11,12);1-4,11H,5H2,(H,9,10). The number of H-pyrrole nitrogens is 2. The molecule has 7 heteroatoms. The van der Waals surface area contributed by atoms with Crippen molar-refractivity contribution in [1.29, 1.82) is 0 Å². The minimum absolute atomic E-state index is 0.0551. The molecule has 4 aromatic rings. The number of esters is 1. The van der Waals surface area contributed by atoms with E-state index >= 15 is 0 Å². The first-order chi connectivity index (χ1) is 12.2. The van der Waals surface area contributed by atoms with Crippen molar-refractivity contribution < 1.29 is 14.6 Å². The maximum absolute atomic E-state index is 11.5. The quantitative estimate of drug-likeness (QED) is 0.498. The Bertz CT molecular complexity index is 990. The lowest BCUT2D eigenvalue weighted by Gasteiger charge is -2.01. The van der Waals surface area contributed by atoms with Crippen LogP contribution in [0, 0.1) is 0 Å². The summed E-state index contributed by atoms with van der Waals surface area (Å²) in [7, 11) is 0. The van der Waals surface area contributed by atoms with Crippen molar-refractivity contribution in [3.63, 3.8) is 0 Å². The normalized spacial score (nSPS) is 10.5. The molecule has 25 heavy (non-hydrogen) atoms. The molecule has 3 N–H and O–H groups in total. The molecule has 0 fully saturated rings. The molecule has 128 valence electrons. The van der Waals surface area contributed by atoms with E-state index in [2.05, 4.69) is 20.4 Å². The zero-order valence-corrected chi connectivity index (χ0v) is 13.7. The summed E-state index contributed by atoms with van der Waals surface area (Å²) in [5.41, 5.74) is 3.07. The Hall–Kier alpha value is -3.19. The molecule has 0 amide bonds. The van der Waals surface area contributed by atoms with E-state index in [1.54, 1.807) is 25.4 Å². The average molecular weight is 338 g/mol. The molecular weight excluding hydrogens is 320 g/mol. The summed E-state index contributed by atoms with van der Waals surface area (Å²) in [6.45, 7) is 2.22. The van der Waals surface area contributed by atoms with Gasteiger partial charge in [0.15, 0.2) is 0 Å². The van der Waals surface area contributed by atoms with Crippen molar-refractivity contribution in [3.05, 3.63) is 59.9 Å². The van der Waals surface area contributed by atoms with Crippen LogP contribution in [0.1, 0.15) is 22.8 Å². The summed E-state index contributed by atoms with van der Waals surface area (Å²) in [5.74, 6) is -0.317. The number of rotatable bonds is 3. The number of aliphatic hydroxyl groups is 1. The van der Waals surface area contributed by atoms with E-state index in [0.717, 1.165) is 27.4 Å². The van der Waals surface area contributed by atoms with E-state index in [1.165, 1.54) is 0 Å². The Morgan fingerprint density at radius 3 is 2.36 bits per heavy atom. The Balaban J connectivity index is 0.000000150. The maximum atomic E-state index is 11.5. The van der Waals surface area contributed by atoms with Crippen LogP contribution >= 0.6 is 0 Å². The molecule has 0 bridgehead atoms. The Morgan fingerprint density at radius 2 is 1.68 bits per heavy atom. The number of fused-ring (bicyclic) bond motifs is 2. The SMILES string of the molecule is CCOC(=O)c1cccc2cn[nH]c12.OCc1cccc2cn[nH]c12. The molecule has 0 unspecified atom stereocenters. The number of aromatic nitrogens is 4. The van der Waals surface area contributed by atoms with Gasteiger partial charge in [-0.15, -0.1) is 0 Å². The first-order valence-corrected chi connectivity index (χ1v) is 7.85. The largest absolute Gasteiger partial charge is 0.462 e. The van der Waals surface area contributed by atoms with Gasteiger partial charge in [-0.3, -0.25) is 10.2 Å². The average Bonchev–Trinajstić information content (AvgIpc) is 3.30. The lowest BCUT2D eigenvalue weighted by atomic mass is 10.1. The number of hydrogen-bond donors (Lipinski definition) is 3. The number of para-hydroxylation sites is 2. The Morgan fingerprint density at radius 1 is 1.04 bits per heavy atom. The van der Waals surface area contributed by atoms with Crippen LogP contribution in [0.15, 0.2) is 48.8 Å². The molecule has 4 rings (SSSR count). The Labute approximate surface area is 143 Å². The minimum Gasteiger partial charge on any atom is -0.462 e. The number of carbonyl (C=O) groups is 1. The molecule has 0 radical (unpaired) electrons. The number of aromatic amines is 2. The van der Waals surface area contributed by atoms with Crippen LogP contribution in [0.25, 0.3) is 21.8 Å². The Kier molecular flexibility index (Phi) is 5.06. The molecule has 0 saturated heterocycles. The molecule has 0 aliphatic rings. The van der Waals surface area contributed by atoms with E-state index in [4.69, 9.17) is 9.84 Å². The van der Waals surface area contributed by atoms with Gasteiger partial charge in [0.25, 0.3) is 0 Å². The number of benzene rings is 2. The third-order valence-corrected chi connectivity index (χ3v) is 3.71. The van der Waals surface area contributed by atoms with Crippen molar-refractivity contribution in [1.82, 2.24) is 20.4 Å². The molecule has 0 aliphatic carbocycles. The predicted octanol–water partition coefficient (Wildman–Crippen LogP) is 2.79. The summed E-state index contributed by atoms with van der Waals surface area (Å²) in [6, 6.07) is 11.2. The molecule has 0 atom stereocenters. The van der Waals surface area contributed by atoms with Crippen LogP contribution in [0.4, 0.5) is 0 Å². The molecule has 2 aromatic heterocycles. The van der Waals surface area contributed by atoms with Crippen molar-refractivity contribution in [2.75, 3.05) is 6.61 Å². The second-order valence-corrected chi connectivity index (χ2v) is 5.27. The summed E-state index contributed by atoms with van der Waals surface area (Å²) in [4.78, 5) is 11.5. The van der Waals surface area contributed by atoms with Crippen LogP contribution in [0.3, 0.4) is 0 Å². The van der Waals surface area contributed by atoms with E-state index in [0.29, 0.717) is 12.2 Å².